The van der Waals surface area contributed by atoms with Crippen LogP contribution in [0.2, 0.25) is 0 Å². The average molecular weight is 194 g/mol. The van der Waals surface area contributed by atoms with Crippen molar-refractivity contribution in [3.63, 3.8) is 0 Å². The summed E-state index contributed by atoms with van der Waals surface area (Å²) in [6.45, 7) is 3.87. The minimum atomic E-state index is -0.598. The van der Waals surface area contributed by atoms with Crippen molar-refractivity contribution < 1.29 is 10.2 Å². The molecule has 14 heavy (non-hydrogen) atoms. The molecule has 0 aliphatic heterocycles. The normalized spacial score (nSPS) is 17.4. The van der Waals surface area contributed by atoms with Crippen LogP contribution in [0.25, 0.3) is 0 Å². The van der Waals surface area contributed by atoms with Crippen molar-refractivity contribution in [3.05, 3.63) is 35.9 Å². The van der Waals surface area contributed by atoms with Gasteiger partial charge in [-0.2, -0.15) is 0 Å². The van der Waals surface area contributed by atoms with Crippen LogP contribution in [0.5, 0.6) is 0 Å². The zero-order valence-corrected chi connectivity index (χ0v) is 8.77. The Balaban J connectivity index is 2.89. The molecule has 2 N–H and O–H groups in total. The lowest BCUT2D eigenvalue weighted by molar-refractivity contribution is -0.00946. The van der Waals surface area contributed by atoms with E-state index in [4.69, 9.17) is 0 Å². The first-order valence-electron chi connectivity index (χ1n) is 4.98. The number of aliphatic hydroxyl groups is 2. The van der Waals surface area contributed by atoms with E-state index in [1.807, 2.05) is 44.2 Å². The maximum Gasteiger partial charge on any atom is 0.0865 e. The number of rotatable bonds is 4. The molecule has 1 aromatic rings. The monoisotopic (exact) mass is 194 g/mol. The molecule has 78 valence electrons. The summed E-state index contributed by atoms with van der Waals surface area (Å²) in [6.07, 6.45) is 0.151. The van der Waals surface area contributed by atoms with Gasteiger partial charge >= 0.3 is 0 Å². The molecule has 0 aromatic heterocycles. The molecule has 0 bridgehead atoms. The Morgan fingerprint density at radius 2 is 1.86 bits per heavy atom. The summed E-state index contributed by atoms with van der Waals surface area (Å²) >= 11 is 0. The first-order chi connectivity index (χ1) is 6.64. The standard InChI is InChI=1S/C12H18O2/c1-3-12(2,9-13)11(14)10-7-5-4-6-8-10/h4-8,11,13-14H,3,9H2,1-2H3/t11-,12-/m0/s1. The van der Waals surface area contributed by atoms with Crippen molar-refractivity contribution in [1.82, 2.24) is 0 Å². The van der Waals surface area contributed by atoms with Gasteiger partial charge in [0.1, 0.15) is 0 Å². The van der Waals surface area contributed by atoms with Crippen molar-refractivity contribution in [2.24, 2.45) is 5.41 Å². The molecule has 2 heteroatoms. The molecule has 2 nitrogen and oxygen atoms in total. The molecule has 0 amide bonds. The molecule has 1 rings (SSSR count). The van der Waals surface area contributed by atoms with E-state index in [1.165, 1.54) is 0 Å². The number of benzene rings is 1. The topological polar surface area (TPSA) is 40.5 Å². The van der Waals surface area contributed by atoms with Gasteiger partial charge < -0.3 is 10.2 Å². The zero-order chi connectivity index (χ0) is 10.6. The van der Waals surface area contributed by atoms with Gasteiger partial charge in [0.2, 0.25) is 0 Å². The Hall–Kier alpha value is -0.860. The molecular weight excluding hydrogens is 176 g/mol. The van der Waals surface area contributed by atoms with Gasteiger partial charge in [0.15, 0.2) is 0 Å². The van der Waals surface area contributed by atoms with Crippen molar-refractivity contribution in [3.8, 4) is 0 Å². The molecule has 0 unspecified atom stereocenters. The third-order valence-electron chi connectivity index (χ3n) is 2.94. The molecule has 0 saturated carbocycles. The maximum atomic E-state index is 10.1. The molecule has 0 aliphatic rings. The Labute approximate surface area is 85.2 Å². The van der Waals surface area contributed by atoms with E-state index < -0.39 is 11.5 Å². The highest BCUT2D eigenvalue weighted by Crippen LogP contribution is 2.35. The summed E-state index contributed by atoms with van der Waals surface area (Å²) in [7, 11) is 0. The van der Waals surface area contributed by atoms with E-state index in [9.17, 15) is 10.2 Å². The van der Waals surface area contributed by atoms with Crippen molar-refractivity contribution in [1.29, 1.82) is 0 Å². The highest BCUT2D eigenvalue weighted by molar-refractivity contribution is 5.19. The predicted molar refractivity (Wildman–Crippen MR) is 56.9 cm³/mol. The van der Waals surface area contributed by atoms with Gasteiger partial charge in [-0.3, -0.25) is 0 Å². The van der Waals surface area contributed by atoms with Crippen LogP contribution in [-0.4, -0.2) is 16.8 Å². The Bertz CT molecular complexity index is 265. The van der Waals surface area contributed by atoms with E-state index in [2.05, 4.69) is 0 Å². The van der Waals surface area contributed by atoms with Gasteiger partial charge in [-0.15, -0.1) is 0 Å². The van der Waals surface area contributed by atoms with Gasteiger partial charge in [0.05, 0.1) is 12.7 Å². The van der Waals surface area contributed by atoms with Crippen molar-refractivity contribution >= 4 is 0 Å². The number of aliphatic hydroxyl groups excluding tert-OH is 2. The molecule has 0 heterocycles. The fraction of sp³-hybridized carbons (Fsp3) is 0.500. The van der Waals surface area contributed by atoms with Gasteiger partial charge in [-0.05, 0) is 12.0 Å². The van der Waals surface area contributed by atoms with E-state index in [-0.39, 0.29) is 6.61 Å². The maximum absolute atomic E-state index is 10.1. The Morgan fingerprint density at radius 1 is 1.29 bits per heavy atom. The quantitative estimate of drug-likeness (QED) is 0.770. The van der Waals surface area contributed by atoms with Gasteiger partial charge in [0, 0.05) is 5.41 Å². The summed E-state index contributed by atoms with van der Waals surface area (Å²) < 4.78 is 0. The van der Waals surface area contributed by atoms with Crippen LogP contribution in [0.4, 0.5) is 0 Å². The fourth-order valence-corrected chi connectivity index (χ4v) is 1.43. The van der Waals surface area contributed by atoms with Crippen LogP contribution in [0.1, 0.15) is 31.9 Å². The minimum absolute atomic E-state index is 0.000436. The third-order valence-corrected chi connectivity index (χ3v) is 2.94. The second-order valence-corrected chi connectivity index (χ2v) is 3.98. The summed E-state index contributed by atoms with van der Waals surface area (Å²) in [6, 6.07) is 9.47. The molecule has 0 saturated heterocycles. The fourth-order valence-electron chi connectivity index (χ4n) is 1.43. The molecule has 0 radical (unpaired) electrons. The number of hydrogen-bond acceptors (Lipinski definition) is 2. The van der Waals surface area contributed by atoms with Gasteiger partial charge in [0.25, 0.3) is 0 Å². The van der Waals surface area contributed by atoms with Crippen LogP contribution >= 0.6 is 0 Å². The summed E-state index contributed by atoms with van der Waals surface area (Å²) in [5.74, 6) is 0. The van der Waals surface area contributed by atoms with Crippen molar-refractivity contribution in [2.75, 3.05) is 6.61 Å². The van der Waals surface area contributed by atoms with Crippen LogP contribution in [0.15, 0.2) is 30.3 Å². The second-order valence-electron chi connectivity index (χ2n) is 3.98. The second kappa shape index (κ2) is 4.58. The molecule has 0 fully saturated rings. The highest BCUT2D eigenvalue weighted by atomic mass is 16.3. The highest BCUT2D eigenvalue weighted by Gasteiger charge is 2.31. The lowest BCUT2D eigenvalue weighted by Gasteiger charge is -2.31. The minimum Gasteiger partial charge on any atom is -0.396 e. The van der Waals surface area contributed by atoms with Crippen LogP contribution < -0.4 is 0 Å². The summed E-state index contributed by atoms with van der Waals surface area (Å²) in [5, 5.41) is 19.3. The summed E-state index contributed by atoms with van der Waals surface area (Å²) in [5.41, 5.74) is 0.423. The summed E-state index contributed by atoms with van der Waals surface area (Å²) in [4.78, 5) is 0. The van der Waals surface area contributed by atoms with Crippen molar-refractivity contribution in [2.45, 2.75) is 26.4 Å². The third kappa shape index (κ3) is 2.14. The average Bonchev–Trinajstić information content (AvgIpc) is 2.28. The largest absolute Gasteiger partial charge is 0.396 e. The predicted octanol–water partition coefficient (Wildman–Crippen LogP) is 2.13. The lowest BCUT2D eigenvalue weighted by atomic mass is 9.79. The molecule has 2 atom stereocenters. The Kier molecular flexibility index (Phi) is 3.67. The van der Waals surface area contributed by atoms with E-state index >= 15 is 0 Å². The number of hydrogen-bond donors (Lipinski definition) is 2. The Morgan fingerprint density at radius 3 is 2.29 bits per heavy atom. The smallest absolute Gasteiger partial charge is 0.0865 e. The molecule has 0 spiro atoms. The van der Waals surface area contributed by atoms with E-state index in [0.29, 0.717) is 0 Å². The van der Waals surface area contributed by atoms with Gasteiger partial charge in [-0.1, -0.05) is 44.2 Å². The zero-order valence-electron chi connectivity index (χ0n) is 8.77. The van der Waals surface area contributed by atoms with E-state index in [1.54, 1.807) is 0 Å². The lowest BCUT2D eigenvalue weighted by Crippen LogP contribution is -2.28. The van der Waals surface area contributed by atoms with Crippen LogP contribution in [-0.2, 0) is 0 Å². The molecule has 1 aromatic carbocycles. The van der Waals surface area contributed by atoms with Crippen LogP contribution in [0, 0.1) is 5.41 Å². The molecule has 0 aliphatic carbocycles. The van der Waals surface area contributed by atoms with Gasteiger partial charge in [-0.25, -0.2) is 0 Å². The SMILES string of the molecule is CC[C@@](C)(CO)[C@@H](O)c1ccccc1. The van der Waals surface area contributed by atoms with Crippen LogP contribution in [0.3, 0.4) is 0 Å². The molecular formula is C12H18O2. The first-order valence-corrected chi connectivity index (χ1v) is 4.98. The first kappa shape index (κ1) is 11.2. The van der Waals surface area contributed by atoms with E-state index in [0.717, 1.165) is 12.0 Å².